The molecular weight excluding hydrogens is 291 g/mol. The molecule has 1 heterocycles. The van der Waals surface area contributed by atoms with E-state index in [1.54, 1.807) is 0 Å². The summed E-state index contributed by atoms with van der Waals surface area (Å²) in [6.07, 6.45) is 0. The molecule has 0 saturated carbocycles. The van der Waals surface area contributed by atoms with Crippen molar-refractivity contribution in [2.45, 2.75) is 19.2 Å². The number of alkyl halides is 1. The normalized spacial score (nSPS) is 12.8. The van der Waals surface area contributed by atoms with Crippen molar-refractivity contribution >= 4 is 34.2 Å². The second kappa shape index (κ2) is 5.12. The minimum absolute atomic E-state index is 0.180. The Bertz CT molecular complexity index is 775. The van der Waals surface area contributed by atoms with Crippen molar-refractivity contribution in [3.05, 3.63) is 58.9 Å². The van der Waals surface area contributed by atoms with E-state index in [1.165, 1.54) is 5.56 Å². The SMILES string of the molecule is Cc1cccc2nc(C(C)Cl)n(-c3cccc(Cl)c3)c12. The average Bonchev–Trinajstić information content (AvgIpc) is 2.80. The maximum atomic E-state index is 6.31. The summed E-state index contributed by atoms with van der Waals surface area (Å²) >= 11 is 12.4. The van der Waals surface area contributed by atoms with Crippen LogP contribution in [0.2, 0.25) is 5.02 Å². The van der Waals surface area contributed by atoms with Crippen LogP contribution in [0.3, 0.4) is 0 Å². The van der Waals surface area contributed by atoms with Crippen molar-refractivity contribution in [3.63, 3.8) is 0 Å². The van der Waals surface area contributed by atoms with Crippen molar-refractivity contribution in [2.75, 3.05) is 0 Å². The zero-order valence-corrected chi connectivity index (χ0v) is 12.8. The number of hydrogen-bond donors (Lipinski definition) is 0. The van der Waals surface area contributed by atoms with Gasteiger partial charge in [-0.25, -0.2) is 4.98 Å². The summed E-state index contributed by atoms with van der Waals surface area (Å²) in [5.74, 6) is 0.832. The second-order valence-corrected chi connectivity index (χ2v) is 5.94. The fourth-order valence-electron chi connectivity index (χ4n) is 2.46. The second-order valence-electron chi connectivity index (χ2n) is 4.84. The van der Waals surface area contributed by atoms with Crippen LogP contribution in [0, 0.1) is 6.92 Å². The van der Waals surface area contributed by atoms with Crippen molar-refractivity contribution < 1.29 is 0 Å². The number of rotatable bonds is 2. The topological polar surface area (TPSA) is 17.8 Å². The lowest BCUT2D eigenvalue weighted by Crippen LogP contribution is -2.02. The summed E-state index contributed by atoms with van der Waals surface area (Å²) in [7, 11) is 0. The van der Waals surface area contributed by atoms with Crippen molar-refractivity contribution in [3.8, 4) is 5.69 Å². The molecule has 102 valence electrons. The van der Waals surface area contributed by atoms with E-state index in [2.05, 4.69) is 22.5 Å². The first-order chi connectivity index (χ1) is 9.58. The van der Waals surface area contributed by atoms with Crippen molar-refractivity contribution in [1.29, 1.82) is 0 Å². The van der Waals surface area contributed by atoms with Gasteiger partial charge in [0.05, 0.1) is 16.4 Å². The van der Waals surface area contributed by atoms with Gasteiger partial charge in [0.25, 0.3) is 0 Å². The van der Waals surface area contributed by atoms with E-state index in [0.29, 0.717) is 5.02 Å². The van der Waals surface area contributed by atoms with Gasteiger partial charge in [-0.1, -0.05) is 29.8 Å². The van der Waals surface area contributed by atoms with Crippen molar-refractivity contribution in [2.24, 2.45) is 0 Å². The molecule has 0 aliphatic heterocycles. The van der Waals surface area contributed by atoms with Crippen LogP contribution in [-0.2, 0) is 0 Å². The van der Waals surface area contributed by atoms with Crippen LogP contribution < -0.4 is 0 Å². The predicted molar refractivity (Wildman–Crippen MR) is 85.1 cm³/mol. The highest BCUT2D eigenvalue weighted by Crippen LogP contribution is 2.30. The van der Waals surface area contributed by atoms with Gasteiger partial charge >= 0.3 is 0 Å². The fourth-order valence-corrected chi connectivity index (χ4v) is 2.79. The fraction of sp³-hybridized carbons (Fsp3) is 0.188. The lowest BCUT2D eigenvalue weighted by Gasteiger charge is -2.12. The molecule has 0 N–H and O–H groups in total. The molecule has 1 aromatic heterocycles. The largest absolute Gasteiger partial charge is 0.295 e. The molecule has 2 nitrogen and oxygen atoms in total. The summed E-state index contributed by atoms with van der Waals surface area (Å²) in [5.41, 5.74) is 4.18. The number of para-hydroxylation sites is 1. The Kier molecular flexibility index (Phi) is 3.45. The molecular formula is C16H14Cl2N2. The Morgan fingerprint density at radius 2 is 1.90 bits per heavy atom. The first kappa shape index (κ1) is 13.5. The van der Waals surface area contributed by atoms with Gasteiger partial charge in [-0.2, -0.15) is 0 Å². The number of hydrogen-bond acceptors (Lipinski definition) is 1. The smallest absolute Gasteiger partial charge is 0.132 e. The van der Waals surface area contributed by atoms with E-state index in [4.69, 9.17) is 23.2 Å². The number of imidazole rings is 1. The standard InChI is InChI=1S/C16H14Cl2N2/c1-10-5-3-8-14-15(10)20(16(19-14)11(2)17)13-7-4-6-12(18)9-13/h3-9,11H,1-2H3. The molecule has 0 amide bonds. The number of halogens is 2. The molecule has 0 fully saturated rings. The van der Waals surface area contributed by atoms with E-state index >= 15 is 0 Å². The zero-order chi connectivity index (χ0) is 14.3. The first-order valence-electron chi connectivity index (χ1n) is 6.46. The van der Waals surface area contributed by atoms with E-state index in [0.717, 1.165) is 22.5 Å². The van der Waals surface area contributed by atoms with Crippen LogP contribution in [0.25, 0.3) is 16.7 Å². The molecule has 0 saturated heterocycles. The molecule has 0 aliphatic rings. The van der Waals surface area contributed by atoms with Crippen LogP contribution in [-0.4, -0.2) is 9.55 Å². The number of aryl methyl sites for hydroxylation is 1. The summed E-state index contributed by atoms with van der Waals surface area (Å²) < 4.78 is 2.09. The van der Waals surface area contributed by atoms with Crippen LogP contribution in [0.5, 0.6) is 0 Å². The third-order valence-electron chi connectivity index (χ3n) is 3.33. The quantitative estimate of drug-likeness (QED) is 0.588. The van der Waals surface area contributed by atoms with E-state index < -0.39 is 0 Å². The Balaban J connectivity index is 2.40. The van der Waals surface area contributed by atoms with Gasteiger partial charge in [0.1, 0.15) is 5.82 Å². The molecule has 3 aromatic rings. The van der Waals surface area contributed by atoms with Gasteiger partial charge in [0.2, 0.25) is 0 Å². The Morgan fingerprint density at radius 1 is 1.15 bits per heavy atom. The first-order valence-corrected chi connectivity index (χ1v) is 7.27. The molecule has 1 atom stereocenters. The van der Waals surface area contributed by atoms with Crippen LogP contribution >= 0.6 is 23.2 Å². The maximum Gasteiger partial charge on any atom is 0.132 e. The summed E-state index contributed by atoms with van der Waals surface area (Å²) in [4.78, 5) is 4.67. The van der Waals surface area contributed by atoms with Gasteiger partial charge in [-0.3, -0.25) is 4.57 Å². The van der Waals surface area contributed by atoms with Crippen molar-refractivity contribution in [1.82, 2.24) is 9.55 Å². The minimum atomic E-state index is -0.180. The third-order valence-corrected chi connectivity index (χ3v) is 3.76. The Morgan fingerprint density at radius 3 is 2.60 bits per heavy atom. The molecule has 3 rings (SSSR count). The highest BCUT2D eigenvalue weighted by Gasteiger charge is 2.17. The minimum Gasteiger partial charge on any atom is -0.295 e. The van der Waals surface area contributed by atoms with Crippen LogP contribution in [0.1, 0.15) is 23.7 Å². The average molecular weight is 305 g/mol. The van der Waals surface area contributed by atoms with Crippen LogP contribution in [0.15, 0.2) is 42.5 Å². The number of fused-ring (bicyclic) bond motifs is 1. The number of aromatic nitrogens is 2. The molecule has 0 aliphatic carbocycles. The molecule has 1 unspecified atom stereocenters. The monoisotopic (exact) mass is 304 g/mol. The van der Waals surface area contributed by atoms with Gasteiger partial charge < -0.3 is 0 Å². The predicted octanol–water partition coefficient (Wildman–Crippen LogP) is 5.29. The molecule has 0 bridgehead atoms. The third kappa shape index (κ3) is 2.19. The summed E-state index contributed by atoms with van der Waals surface area (Å²) in [6.45, 7) is 4.01. The highest BCUT2D eigenvalue weighted by atomic mass is 35.5. The molecule has 20 heavy (non-hydrogen) atoms. The summed E-state index contributed by atoms with van der Waals surface area (Å²) in [5, 5.41) is 0.520. The Hall–Kier alpha value is -1.51. The van der Waals surface area contributed by atoms with Crippen LogP contribution in [0.4, 0.5) is 0 Å². The zero-order valence-electron chi connectivity index (χ0n) is 11.3. The molecule has 0 spiro atoms. The Labute approximate surface area is 128 Å². The number of benzene rings is 2. The number of nitrogens with zero attached hydrogens (tertiary/aromatic N) is 2. The maximum absolute atomic E-state index is 6.31. The van der Waals surface area contributed by atoms with E-state index in [1.807, 2.05) is 43.3 Å². The van der Waals surface area contributed by atoms with Gasteiger partial charge in [-0.05, 0) is 43.7 Å². The lowest BCUT2D eigenvalue weighted by atomic mass is 10.2. The van der Waals surface area contributed by atoms with E-state index in [-0.39, 0.29) is 5.38 Å². The van der Waals surface area contributed by atoms with Gasteiger partial charge in [-0.15, -0.1) is 11.6 Å². The molecule has 4 heteroatoms. The molecule has 2 aromatic carbocycles. The lowest BCUT2D eigenvalue weighted by molar-refractivity contribution is 0.881. The van der Waals surface area contributed by atoms with Gasteiger partial charge in [0, 0.05) is 10.7 Å². The summed E-state index contributed by atoms with van der Waals surface area (Å²) in [6, 6.07) is 13.8. The van der Waals surface area contributed by atoms with E-state index in [9.17, 15) is 0 Å². The molecule has 0 radical (unpaired) electrons. The highest BCUT2D eigenvalue weighted by molar-refractivity contribution is 6.30. The van der Waals surface area contributed by atoms with Gasteiger partial charge in [0.15, 0.2) is 0 Å².